The van der Waals surface area contributed by atoms with E-state index in [0.29, 0.717) is 13.1 Å². The molecule has 1 saturated heterocycles. The van der Waals surface area contributed by atoms with Crippen molar-refractivity contribution in [2.45, 2.75) is 75.1 Å². The van der Waals surface area contributed by atoms with E-state index in [-0.39, 0.29) is 36.7 Å². The summed E-state index contributed by atoms with van der Waals surface area (Å²) in [4.78, 5) is 12.8. The van der Waals surface area contributed by atoms with Gasteiger partial charge in [0.1, 0.15) is 4.90 Å². The van der Waals surface area contributed by atoms with E-state index >= 15 is 0 Å². The lowest BCUT2D eigenvalue weighted by Gasteiger charge is -2.35. The maximum absolute atomic E-state index is 13.2. The monoisotopic (exact) mass is 453 g/mol. The van der Waals surface area contributed by atoms with E-state index < -0.39 is 10.0 Å². The van der Waals surface area contributed by atoms with Crippen LogP contribution >= 0.6 is 11.6 Å². The first kappa shape index (κ1) is 26.9. The molecule has 1 aliphatic carbocycles. The molecule has 1 aromatic carbocycles. The van der Waals surface area contributed by atoms with Crippen molar-refractivity contribution in [3.8, 4) is 0 Å². The number of piperidine rings is 1. The van der Waals surface area contributed by atoms with Crippen molar-refractivity contribution in [3.63, 3.8) is 0 Å². The van der Waals surface area contributed by atoms with Crippen molar-refractivity contribution in [1.82, 2.24) is 9.62 Å². The summed E-state index contributed by atoms with van der Waals surface area (Å²) in [7, 11) is -3.68. The van der Waals surface area contributed by atoms with Crippen LogP contribution < -0.4 is 5.32 Å². The van der Waals surface area contributed by atoms with E-state index in [1.165, 1.54) is 23.6 Å². The minimum atomic E-state index is -3.68. The van der Waals surface area contributed by atoms with Crippen LogP contribution in [0.5, 0.6) is 0 Å². The molecule has 1 atom stereocenters. The third kappa shape index (κ3) is 6.69. The molecule has 2 aliphatic rings. The first-order valence-corrected chi connectivity index (χ1v) is 12.2. The van der Waals surface area contributed by atoms with Gasteiger partial charge < -0.3 is 5.32 Å². The van der Waals surface area contributed by atoms with Crippen molar-refractivity contribution in [2.24, 2.45) is 0 Å². The van der Waals surface area contributed by atoms with E-state index in [1.807, 2.05) is 0 Å². The number of sulfonamides is 1. The number of rotatable bonds is 5. The quantitative estimate of drug-likeness (QED) is 0.684. The van der Waals surface area contributed by atoms with Gasteiger partial charge in [-0.2, -0.15) is 4.31 Å². The number of hydrogen-bond acceptors (Lipinski definition) is 3. The largest absolute Gasteiger partial charge is 0.354 e. The number of nitrogens with one attached hydrogen (secondary N) is 1. The van der Waals surface area contributed by atoms with Gasteiger partial charge in [-0.15, -0.1) is 0 Å². The van der Waals surface area contributed by atoms with Crippen molar-refractivity contribution in [2.75, 3.05) is 13.1 Å². The highest BCUT2D eigenvalue weighted by Gasteiger charge is 2.35. The van der Waals surface area contributed by atoms with Crippen LogP contribution in [-0.2, 0) is 14.8 Å². The summed E-state index contributed by atoms with van der Waals surface area (Å²) < 4.78 is 27.9. The van der Waals surface area contributed by atoms with Crippen LogP contribution in [0.3, 0.4) is 0 Å². The van der Waals surface area contributed by atoms with Crippen LogP contribution in [0.2, 0.25) is 5.02 Å². The number of nitrogens with zero attached hydrogens (tertiary/aromatic N) is 1. The second kappa shape index (κ2) is 12.7. The van der Waals surface area contributed by atoms with Gasteiger partial charge in [0, 0.05) is 19.1 Å². The molecule has 0 spiro atoms. The Hall–Kier alpha value is -1.11. The molecule has 0 bridgehead atoms. The fraction of sp³-hybridized carbons (Fsp3) is 0.565. The smallest absolute Gasteiger partial charge is 0.244 e. The van der Waals surface area contributed by atoms with Crippen molar-refractivity contribution in [1.29, 1.82) is 0 Å². The second-order valence-corrected chi connectivity index (χ2v) is 10.0. The number of benzene rings is 1. The lowest BCUT2D eigenvalue weighted by molar-refractivity contribution is -0.120. The summed E-state index contributed by atoms with van der Waals surface area (Å²) in [6.45, 7) is 0.816. The molecular formula is C23H34ClN2O3S. The highest BCUT2D eigenvalue weighted by molar-refractivity contribution is 7.89. The lowest BCUT2D eigenvalue weighted by Crippen LogP contribution is -2.49. The number of carbonyl (C=O) groups is 1. The molecule has 7 heteroatoms. The Labute approximate surface area is 188 Å². The predicted octanol–water partition coefficient (Wildman–Crippen LogP) is 4.97. The maximum atomic E-state index is 13.2. The van der Waals surface area contributed by atoms with Gasteiger partial charge in [-0.3, -0.25) is 4.79 Å². The maximum Gasteiger partial charge on any atom is 0.244 e. The van der Waals surface area contributed by atoms with Crippen LogP contribution in [0.25, 0.3) is 0 Å². The Morgan fingerprint density at radius 3 is 2.30 bits per heavy atom. The molecule has 167 valence electrons. The van der Waals surface area contributed by atoms with E-state index in [2.05, 4.69) is 5.32 Å². The van der Waals surface area contributed by atoms with Gasteiger partial charge in [0.05, 0.1) is 10.9 Å². The molecule has 2 fully saturated rings. The second-order valence-electron chi connectivity index (χ2n) is 7.78. The van der Waals surface area contributed by atoms with Gasteiger partial charge in [-0.1, -0.05) is 77.1 Å². The molecule has 30 heavy (non-hydrogen) atoms. The fourth-order valence-electron chi connectivity index (χ4n) is 4.17. The van der Waals surface area contributed by atoms with Gasteiger partial charge >= 0.3 is 0 Å². The average Bonchev–Trinajstić information content (AvgIpc) is 2.66. The van der Waals surface area contributed by atoms with E-state index in [1.54, 1.807) is 24.3 Å². The molecule has 1 N–H and O–H groups in total. The van der Waals surface area contributed by atoms with Crippen LogP contribution in [-0.4, -0.2) is 37.8 Å². The summed E-state index contributed by atoms with van der Waals surface area (Å²) in [6.07, 6.45) is 10.0. The Kier molecular flexibility index (Phi) is 11.4. The van der Waals surface area contributed by atoms with Gasteiger partial charge in [0.2, 0.25) is 15.9 Å². The first-order valence-electron chi connectivity index (χ1n) is 10.4. The Balaban J connectivity index is 0.00000225. The zero-order valence-corrected chi connectivity index (χ0v) is 19.3. The third-order valence-corrected chi connectivity index (χ3v) is 8.22. The van der Waals surface area contributed by atoms with Crippen LogP contribution in [0, 0.1) is 20.8 Å². The number of amides is 1. The lowest BCUT2D eigenvalue weighted by atomic mass is 9.90. The molecule has 1 amide bonds. The number of hydrogen-bond donors (Lipinski definition) is 1. The predicted molar refractivity (Wildman–Crippen MR) is 122 cm³/mol. The SMILES string of the molecule is O=C(NCC1CCCCN1S(=O)(=O)c1ccccc1Cl)[C]1CCCCCCC1.[CH2].[CH2]. The zero-order chi connectivity index (χ0) is 20.0. The zero-order valence-electron chi connectivity index (χ0n) is 17.7. The van der Waals surface area contributed by atoms with E-state index in [9.17, 15) is 13.2 Å². The van der Waals surface area contributed by atoms with E-state index in [4.69, 9.17) is 11.6 Å². The van der Waals surface area contributed by atoms with Crippen LogP contribution in [0.15, 0.2) is 29.2 Å². The number of halogens is 1. The molecule has 0 aromatic heterocycles. The van der Waals surface area contributed by atoms with Crippen molar-refractivity contribution >= 4 is 27.5 Å². The minimum absolute atomic E-state index is 0. The summed E-state index contributed by atoms with van der Waals surface area (Å²) in [6, 6.07) is 6.33. The Morgan fingerprint density at radius 2 is 1.63 bits per heavy atom. The first-order chi connectivity index (χ1) is 13.5. The van der Waals surface area contributed by atoms with E-state index in [0.717, 1.165) is 50.9 Å². The third-order valence-electron chi connectivity index (χ3n) is 5.77. The van der Waals surface area contributed by atoms with Crippen LogP contribution in [0.1, 0.15) is 64.2 Å². The molecule has 1 saturated carbocycles. The average molecular weight is 454 g/mol. The fourth-order valence-corrected chi connectivity index (χ4v) is 6.36. The molecular weight excluding hydrogens is 420 g/mol. The molecule has 5 nitrogen and oxygen atoms in total. The molecule has 1 heterocycles. The number of carbonyl (C=O) groups excluding carboxylic acids is 1. The summed E-state index contributed by atoms with van der Waals surface area (Å²) in [5.74, 6) is 0.971. The molecule has 5 radical (unpaired) electrons. The Bertz CT molecular complexity index is 761. The van der Waals surface area contributed by atoms with Crippen molar-refractivity contribution < 1.29 is 13.2 Å². The Morgan fingerprint density at radius 1 is 1.00 bits per heavy atom. The summed E-state index contributed by atoms with van der Waals surface area (Å²) >= 11 is 6.15. The summed E-state index contributed by atoms with van der Waals surface area (Å²) in [5.41, 5.74) is 0. The topological polar surface area (TPSA) is 66.5 Å². The van der Waals surface area contributed by atoms with Gasteiger partial charge in [0.25, 0.3) is 0 Å². The molecule has 1 aliphatic heterocycles. The highest BCUT2D eigenvalue weighted by Crippen LogP contribution is 2.29. The highest BCUT2D eigenvalue weighted by atomic mass is 35.5. The van der Waals surface area contributed by atoms with Crippen LogP contribution in [0.4, 0.5) is 0 Å². The normalized spacial score (nSPS) is 21.4. The van der Waals surface area contributed by atoms with Gasteiger partial charge in [0.15, 0.2) is 0 Å². The minimum Gasteiger partial charge on any atom is -0.354 e. The molecule has 3 rings (SSSR count). The van der Waals surface area contributed by atoms with Gasteiger partial charge in [-0.25, -0.2) is 8.42 Å². The summed E-state index contributed by atoms with van der Waals surface area (Å²) in [5, 5.41) is 3.26. The molecule has 1 unspecified atom stereocenters. The van der Waals surface area contributed by atoms with Gasteiger partial charge in [-0.05, 0) is 37.8 Å². The van der Waals surface area contributed by atoms with Crippen molar-refractivity contribution in [3.05, 3.63) is 50.1 Å². The molecule has 1 aromatic rings. The standard InChI is InChI=1S/C21H30ClN2O3S.2CH2/c22-19-13-6-7-14-20(19)28(26,27)24-15-9-8-12-18(24)16-23-21(25)17-10-4-2-1-3-5-11-17;;/h6-7,13-14,18H,1-5,8-12,15-16H2,(H,23,25);2*1H2.